The maximum Gasteiger partial charge on any atom is 0.262 e. The third kappa shape index (κ3) is 3.23. The summed E-state index contributed by atoms with van der Waals surface area (Å²) in [4.78, 5) is 3.99. The zero-order chi connectivity index (χ0) is 14.9. The second-order valence-electron chi connectivity index (χ2n) is 4.35. The fourth-order valence-corrected chi connectivity index (χ4v) is 3.40. The minimum absolute atomic E-state index is 0.0192. The third-order valence-corrected chi connectivity index (χ3v) is 4.54. The highest BCUT2D eigenvalue weighted by atomic mass is 35.5. The molecule has 0 aliphatic carbocycles. The number of nitrogens with one attached hydrogen (secondary N) is 1. The molecule has 0 unspecified atom stereocenters. The number of aryl methyl sites for hydroxylation is 2. The van der Waals surface area contributed by atoms with Gasteiger partial charge in [-0.1, -0.05) is 40.9 Å². The minimum atomic E-state index is -3.71. The van der Waals surface area contributed by atoms with Crippen molar-refractivity contribution in [1.29, 1.82) is 0 Å². The van der Waals surface area contributed by atoms with Crippen LogP contribution in [-0.4, -0.2) is 13.4 Å². The van der Waals surface area contributed by atoms with Crippen LogP contribution < -0.4 is 4.72 Å². The summed E-state index contributed by atoms with van der Waals surface area (Å²) >= 11 is 11.7. The zero-order valence-electron chi connectivity index (χ0n) is 10.8. The van der Waals surface area contributed by atoms with Crippen LogP contribution in [0.4, 0.5) is 5.69 Å². The molecule has 1 aromatic heterocycles. The maximum atomic E-state index is 12.3. The highest BCUT2D eigenvalue weighted by Gasteiger charge is 2.18. The van der Waals surface area contributed by atoms with Gasteiger partial charge in [-0.05, 0) is 37.6 Å². The topological polar surface area (TPSA) is 59.1 Å². The van der Waals surface area contributed by atoms with Crippen LogP contribution in [0.1, 0.15) is 11.1 Å². The van der Waals surface area contributed by atoms with Crippen LogP contribution >= 0.6 is 23.2 Å². The Bertz CT molecular complexity index is 720. The lowest BCUT2D eigenvalue weighted by Crippen LogP contribution is -2.14. The van der Waals surface area contributed by atoms with Crippen molar-refractivity contribution in [2.75, 3.05) is 4.72 Å². The van der Waals surface area contributed by atoms with Crippen molar-refractivity contribution in [3.8, 4) is 0 Å². The molecule has 1 heterocycles. The quantitative estimate of drug-likeness (QED) is 0.870. The number of aromatic nitrogens is 1. The summed E-state index contributed by atoms with van der Waals surface area (Å²) in [6.07, 6.45) is 0. The lowest BCUT2D eigenvalue weighted by molar-refractivity contribution is 0.601. The Labute approximate surface area is 127 Å². The fourth-order valence-electron chi connectivity index (χ4n) is 1.63. The summed E-state index contributed by atoms with van der Waals surface area (Å²) in [5.74, 6) is 0. The molecular weight excluding hydrogens is 319 g/mol. The largest absolute Gasteiger partial charge is 0.276 e. The molecule has 0 spiro atoms. The normalized spacial score (nSPS) is 11.4. The van der Waals surface area contributed by atoms with E-state index in [1.807, 2.05) is 6.92 Å². The number of sulfonamides is 1. The van der Waals surface area contributed by atoms with Gasteiger partial charge in [-0.3, -0.25) is 4.72 Å². The Balaban J connectivity index is 2.41. The molecule has 0 amide bonds. The van der Waals surface area contributed by atoms with Crippen molar-refractivity contribution in [1.82, 2.24) is 4.98 Å². The summed E-state index contributed by atoms with van der Waals surface area (Å²) in [5, 5.41) is 0.233. The van der Waals surface area contributed by atoms with E-state index in [4.69, 9.17) is 23.2 Å². The number of benzene rings is 1. The van der Waals surface area contributed by atoms with Gasteiger partial charge < -0.3 is 0 Å². The number of pyridine rings is 1. The molecule has 1 aromatic carbocycles. The first kappa shape index (κ1) is 15.1. The van der Waals surface area contributed by atoms with Crippen molar-refractivity contribution >= 4 is 38.9 Å². The highest BCUT2D eigenvalue weighted by molar-refractivity contribution is 7.92. The van der Waals surface area contributed by atoms with Gasteiger partial charge in [0.2, 0.25) is 0 Å². The standard InChI is InChI=1S/C13H12Cl2N2O2S/c1-8-3-5-10(6-4-8)20(18,19)17-12-9(2)7-11(14)16-13(12)15/h3-7,17H,1-2H3. The highest BCUT2D eigenvalue weighted by Crippen LogP contribution is 2.28. The lowest BCUT2D eigenvalue weighted by Gasteiger charge is -2.12. The fraction of sp³-hybridized carbons (Fsp3) is 0.154. The summed E-state index contributed by atoms with van der Waals surface area (Å²) in [7, 11) is -3.71. The summed E-state index contributed by atoms with van der Waals surface area (Å²) < 4.78 is 27.0. The van der Waals surface area contributed by atoms with Crippen molar-refractivity contribution in [2.45, 2.75) is 18.7 Å². The van der Waals surface area contributed by atoms with Crippen LogP contribution in [0, 0.1) is 13.8 Å². The van der Waals surface area contributed by atoms with Gasteiger partial charge in [0.05, 0.1) is 10.6 Å². The van der Waals surface area contributed by atoms with E-state index < -0.39 is 10.0 Å². The Kier molecular flexibility index (Phi) is 4.22. The van der Waals surface area contributed by atoms with E-state index in [2.05, 4.69) is 9.71 Å². The Morgan fingerprint density at radius 3 is 2.25 bits per heavy atom. The summed E-state index contributed by atoms with van der Waals surface area (Å²) in [6.45, 7) is 3.58. The first-order valence-electron chi connectivity index (χ1n) is 5.72. The maximum absolute atomic E-state index is 12.3. The van der Waals surface area contributed by atoms with Gasteiger partial charge in [0.15, 0.2) is 5.15 Å². The molecule has 4 nitrogen and oxygen atoms in total. The number of hydrogen-bond donors (Lipinski definition) is 1. The van der Waals surface area contributed by atoms with Crippen LogP contribution in [0.2, 0.25) is 10.3 Å². The van der Waals surface area contributed by atoms with Crippen molar-refractivity contribution in [3.05, 3.63) is 51.8 Å². The second kappa shape index (κ2) is 5.60. The van der Waals surface area contributed by atoms with E-state index >= 15 is 0 Å². The van der Waals surface area contributed by atoms with Gasteiger partial charge >= 0.3 is 0 Å². The SMILES string of the molecule is Cc1ccc(S(=O)(=O)Nc2c(C)cc(Cl)nc2Cl)cc1. The van der Waals surface area contributed by atoms with Gasteiger partial charge in [-0.15, -0.1) is 0 Å². The Hall–Kier alpha value is -1.30. The van der Waals surface area contributed by atoms with Gasteiger partial charge in [-0.2, -0.15) is 0 Å². The molecule has 0 radical (unpaired) electrons. The van der Waals surface area contributed by atoms with Crippen LogP contribution in [0.5, 0.6) is 0 Å². The molecule has 0 aliphatic heterocycles. The molecule has 106 valence electrons. The summed E-state index contributed by atoms with van der Waals surface area (Å²) in [6, 6.07) is 8.06. The molecule has 7 heteroatoms. The predicted octanol–water partition coefficient (Wildman–Crippen LogP) is 3.81. The molecule has 0 atom stereocenters. The smallest absolute Gasteiger partial charge is 0.262 e. The van der Waals surface area contributed by atoms with E-state index in [1.165, 1.54) is 12.1 Å². The zero-order valence-corrected chi connectivity index (χ0v) is 13.1. The molecule has 20 heavy (non-hydrogen) atoms. The van der Waals surface area contributed by atoms with Crippen LogP contribution in [0.15, 0.2) is 35.2 Å². The first-order chi connectivity index (χ1) is 9.29. The Morgan fingerprint density at radius 2 is 1.70 bits per heavy atom. The molecule has 0 saturated carbocycles. The van der Waals surface area contributed by atoms with Gasteiger partial charge in [0.1, 0.15) is 5.15 Å². The van der Waals surface area contributed by atoms with Gasteiger partial charge in [-0.25, -0.2) is 13.4 Å². The number of nitrogens with zero attached hydrogens (tertiary/aromatic N) is 1. The number of halogens is 2. The van der Waals surface area contributed by atoms with Crippen LogP contribution in [-0.2, 0) is 10.0 Å². The monoisotopic (exact) mass is 330 g/mol. The van der Waals surface area contributed by atoms with E-state index in [1.54, 1.807) is 25.1 Å². The first-order valence-corrected chi connectivity index (χ1v) is 7.95. The number of rotatable bonds is 3. The summed E-state index contributed by atoms with van der Waals surface area (Å²) in [5.41, 5.74) is 1.81. The predicted molar refractivity (Wildman–Crippen MR) is 81.0 cm³/mol. The molecule has 1 N–H and O–H groups in total. The van der Waals surface area contributed by atoms with E-state index in [-0.39, 0.29) is 20.9 Å². The van der Waals surface area contributed by atoms with E-state index in [0.29, 0.717) is 5.56 Å². The molecular formula is C13H12Cl2N2O2S. The molecule has 0 bridgehead atoms. The average molecular weight is 331 g/mol. The molecule has 2 rings (SSSR count). The average Bonchev–Trinajstić information content (AvgIpc) is 2.34. The molecule has 0 saturated heterocycles. The minimum Gasteiger partial charge on any atom is -0.276 e. The van der Waals surface area contributed by atoms with Gasteiger partial charge in [0.25, 0.3) is 10.0 Å². The number of hydrogen-bond acceptors (Lipinski definition) is 3. The molecule has 2 aromatic rings. The van der Waals surface area contributed by atoms with E-state index in [0.717, 1.165) is 5.56 Å². The van der Waals surface area contributed by atoms with Crippen molar-refractivity contribution < 1.29 is 8.42 Å². The number of anilines is 1. The molecule has 0 aliphatic rings. The van der Waals surface area contributed by atoms with Crippen molar-refractivity contribution in [3.63, 3.8) is 0 Å². The van der Waals surface area contributed by atoms with Crippen LogP contribution in [0.3, 0.4) is 0 Å². The third-order valence-electron chi connectivity index (χ3n) is 2.71. The van der Waals surface area contributed by atoms with Crippen molar-refractivity contribution in [2.24, 2.45) is 0 Å². The van der Waals surface area contributed by atoms with E-state index in [9.17, 15) is 8.42 Å². The Morgan fingerprint density at radius 1 is 1.10 bits per heavy atom. The second-order valence-corrected chi connectivity index (χ2v) is 6.77. The molecule has 0 fully saturated rings. The van der Waals surface area contributed by atoms with Gasteiger partial charge in [0, 0.05) is 0 Å². The lowest BCUT2D eigenvalue weighted by atomic mass is 10.2. The van der Waals surface area contributed by atoms with Crippen LogP contribution in [0.25, 0.3) is 0 Å².